The molecule has 4 rings (SSSR count). The summed E-state index contributed by atoms with van der Waals surface area (Å²) >= 11 is 0. The van der Waals surface area contributed by atoms with Crippen molar-refractivity contribution >= 4 is 17.4 Å². The summed E-state index contributed by atoms with van der Waals surface area (Å²) in [6, 6.07) is 23.2. The lowest BCUT2D eigenvalue weighted by atomic mass is 9.95. The van der Waals surface area contributed by atoms with E-state index in [0.717, 1.165) is 12.1 Å². The van der Waals surface area contributed by atoms with Crippen LogP contribution in [0.15, 0.2) is 84.4 Å². The average Bonchev–Trinajstić information content (AvgIpc) is 3.17. The zero-order valence-electron chi connectivity index (χ0n) is 21.4. The molecule has 3 aromatic carbocycles. The first kappa shape index (κ1) is 26.0. The maximum absolute atomic E-state index is 13.3. The van der Waals surface area contributed by atoms with Crippen molar-refractivity contribution in [1.29, 1.82) is 0 Å². The van der Waals surface area contributed by atoms with E-state index in [1.165, 1.54) is 0 Å². The Morgan fingerprint density at radius 1 is 0.946 bits per heavy atom. The molecular weight excluding hydrogens is 468 g/mol. The molecular formula is C30H32N2O5. The number of ether oxygens (including phenoxy) is 2. The first-order chi connectivity index (χ1) is 17.9. The number of carbonyl (C=O) groups is 2. The van der Waals surface area contributed by atoms with E-state index in [-0.39, 0.29) is 11.3 Å². The third-order valence-electron chi connectivity index (χ3n) is 6.33. The molecule has 1 N–H and O–H groups in total. The topological polar surface area (TPSA) is 79.3 Å². The molecule has 37 heavy (non-hydrogen) atoms. The number of hydrogen-bond acceptors (Lipinski definition) is 6. The summed E-state index contributed by atoms with van der Waals surface area (Å²) in [6.07, 6.45) is 0.684. The molecule has 1 atom stereocenters. The Morgan fingerprint density at radius 3 is 2.35 bits per heavy atom. The fraction of sp³-hybridized carbons (Fsp3) is 0.267. The first-order valence-electron chi connectivity index (χ1n) is 12.2. The molecule has 0 bridgehead atoms. The number of rotatable bonds is 10. The van der Waals surface area contributed by atoms with Crippen molar-refractivity contribution in [1.82, 2.24) is 9.80 Å². The van der Waals surface area contributed by atoms with Gasteiger partial charge in [-0.2, -0.15) is 0 Å². The number of aliphatic hydroxyl groups excluding tert-OH is 1. The highest BCUT2D eigenvalue weighted by Gasteiger charge is 2.45. The number of ketones is 1. The molecule has 3 aromatic rings. The summed E-state index contributed by atoms with van der Waals surface area (Å²) in [5.74, 6) is -0.282. The molecule has 0 aromatic heterocycles. The molecule has 192 valence electrons. The van der Waals surface area contributed by atoms with E-state index in [1.54, 1.807) is 36.3 Å². The van der Waals surface area contributed by atoms with Gasteiger partial charge in [0.15, 0.2) is 0 Å². The highest BCUT2D eigenvalue weighted by Crippen LogP contribution is 2.40. The van der Waals surface area contributed by atoms with Gasteiger partial charge in [0.25, 0.3) is 11.7 Å². The van der Waals surface area contributed by atoms with E-state index in [2.05, 4.69) is 0 Å². The maximum atomic E-state index is 13.3. The van der Waals surface area contributed by atoms with Gasteiger partial charge in [0.1, 0.15) is 23.9 Å². The number of benzene rings is 3. The number of likely N-dealkylation sites (tertiary alicyclic amines) is 1. The van der Waals surface area contributed by atoms with Crippen LogP contribution in [0.5, 0.6) is 11.5 Å². The zero-order valence-corrected chi connectivity index (χ0v) is 21.4. The van der Waals surface area contributed by atoms with Crippen LogP contribution < -0.4 is 9.47 Å². The summed E-state index contributed by atoms with van der Waals surface area (Å²) < 4.78 is 11.2. The van der Waals surface area contributed by atoms with Crippen molar-refractivity contribution in [2.24, 2.45) is 0 Å². The minimum Gasteiger partial charge on any atom is -0.507 e. The largest absolute Gasteiger partial charge is 0.507 e. The molecule has 0 radical (unpaired) electrons. The number of methoxy groups -OCH3 is 1. The van der Waals surface area contributed by atoms with E-state index in [0.29, 0.717) is 42.2 Å². The Kier molecular flexibility index (Phi) is 8.25. The van der Waals surface area contributed by atoms with Crippen LogP contribution in [0.3, 0.4) is 0 Å². The van der Waals surface area contributed by atoms with Crippen molar-refractivity contribution in [2.45, 2.75) is 19.1 Å². The van der Waals surface area contributed by atoms with Crippen LogP contribution >= 0.6 is 0 Å². The molecule has 1 aliphatic heterocycles. The quantitative estimate of drug-likeness (QED) is 0.248. The van der Waals surface area contributed by atoms with Crippen molar-refractivity contribution < 1.29 is 24.2 Å². The van der Waals surface area contributed by atoms with Crippen molar-refractivity contribution in [3.63, 3.8) is 0 Å². The van der Waals surface area contributed by atoms with E-state index < -0.39 is 17.7 Å². The molecule has 1 amide bonds. The third-order valence-corrected chi connectivity index (χ3v) is 6.33. The summed E-state index contributed by atoms with van der Waals surface area (Å²) in [5, 5.41) is 11.3. The molecule has 0 saturated carbocycles. The Labute approximate surface area is 217 Å². The Bertz CT molecular complexity index is 1270. The van der Waals surface area contributed by atoms with E-state index in [1.807, 2.05) is 73.6 Å². The molecule has 1 heterocycles. The minimum atomic E-state index is -0.732. The number of amides is 1. The number of carbonyl (C=O) groups excluding carboxylic acids is 2. The first-order valence-corrected chi connectivity index (χ1v) is 12.2. The number of hydrogen-bond donors (Lipinski definition) is 1. The monoisotopic (exact) mass is 500 g/mol. The van der Waals surface area contributed by atoms with Crippen LogP contribution in [0, 0.1) is 0 Å². The van der Waals surface area contributed by atoms with Crippen LogP contribution in [0.25, 0.3) is 5.76 Å². The van der Waals surface area contributed by atoms with Gasteiger partial charge in [-0.3, -0.25) is 9.59 Å². The standard InChI is InChI=1S/C30H32N2O5/c1-31(2)17-8-18-32-27(23-11-7-12-25(19-23)37-20-21-9-5-4-6-10-21)26(29(34)30(32)35)28(33)22-13-15-24(36-3)16-14-22/h4-7,9-16,19,27,33H,8,17-18,20H2,1-3H3/b28-26+. The highest BCUT2D eigenvalue weighted by molar-refractivity contribution is 6.46. The smallest absolute Gasteiger partial charge is 0.295 e. The summed E-state index contributed by atoms with van der Waals surface area (Å²) in [7, 11) is 5.48. The van der Waals surface area contributed by atoms with Crippen LogP contribution in [0.4, 0.5) is 0 Å². The minimum absolute atomic E-state index is 0.0697. The van der Waals surface area contributed by atoms with Gasteiger partial charge in [0.2, 0.25) is 0 Å². The predicted molar refractivity (Wildman–Crippen MR) is 142 cm³/mol. The fourth-order valence-electron chi connectivity index (χ4n) is 4.43. The fourth-order valence-corrected chi connectivity index (χ4v) is 4.43. The second-order valence-electron chi connectivity index (χ2n) is 9.22. The third kappa shape index (κ3) is 6.01. The van der Waals surface area contributed by atoms with Crippen LogP contribution in [-0.2, 0) is 16.2 Å². The van der Waals surface area contributed by atoms with Gasteiger partial charge < -0.3 is 24.4 Å². The maximum Gasteiger partial charge on any atom is 0.295 e. The summed E-state index contributed by atoms with van der Waals surface area (Å²) in [4.78, 5) is 30.0. The molecule has 7 nitrogen and oxygen atoms in total. The number of aliphatic hydroxyl groups is 1. The van der Waals surface area contributed by atoms with Gasteiger partial charge in [0.05, 0.1) is 18.7 Å². The van der Waals surface area contributed by atoms with Gasteiger partial charge in [0, 0.05) is 12.1 Å². The number of nitrogens with zero attached hydrogens (tertiary/aromatic N) is 2. The lowest BCUT2D eigenvalue weighted by Crippen LogP contribution is -2.32. The SMILES string of the molecule is COc1ccc(/C(O)=C2\C(=O)C(=O)N(CCCN(C)C)C2c2cccc(OCc3ccccc3)c2)cc1. The molecule has 1 unspecified atom stereocenters. The van der Waals surface area contributed by atoms with Gasteiger partial charge in [-0.25, -0.2) is 0 Å². The number of Topliss-reactive ketones (excluding diaryl/α,β-unsaturated/α-hetero) is 1. The van der Waals surface area contributed by atoms with Gasteiger partial charge in [-0.15, -0.1) is 0 Å². The highest BCUT2D eigenvalue weighted by atomic mass is 16.5. The molecule has 0 aliphatic carbocycles. The molecule has 0 spiro atoms. The Balaban J connectivity index is 1.71. The van der Waals surface area contributed by atoms with Gasteiger partial charge in [-0.1, -0.05) is 42.5 Å². The van der Waals surface area contributed by atoms with E-state index >= 15 is 0 Å². The van der Waals surface area contributed by atoms with E-state index in [9.17, 15) is 14.7 Å². The van der Waals surface area contributed by atoms with Crippen LogP contribution in [0.2, 0.25) is 0 Å². The molecule has 1 fully saturated rings. The second-order valence-corrected chi connectivity index (χ2v) is 9.22. The van der Waals surface area contributed by atoms with E-state index in [4.69, 9.17) is 9.47 Å². The Hall–Kier alpha value is -4.10. The lowest BCUT2D eigenvalue weighted by molar-refractivity contribution is -0.139. The second kappa shape index (κ2) is 11.8. The van der Waals surface area contributed by atoms with Gasteiger partial charge >= 0.3 is 0 Å². The van der Waals surface area contributed by atoms with Crippen molar-refractivity contribution in [3.8, 4) is 11.5 Å². The van der Waals surface area contributed by atoms with Crippen molar-refractivity contribution in [3.05, 3.63) is 101 Å². The summed E-state index contributed by atoms with van der Waals surface area (Å²) in [6.45, 7) is 1.52. The molecule has 1 saturated heterocycles. The van der Waals surface area contributed by atoms with Crippen LogP contribution in [0.1, 0.15) is 29.2 Å². The van der Waals surface area contributed by atoms with Gasteiger partial charge in [-0.05, 0) is 74.6 Å². The van der Waals surface area contributed by atoms with Crippen LogP contribution in [-0.4, -0.2) is 60.9 Å². The average molecular weight is 501 g/mol. The summed E-state index contributed by atoms with van der Waals surface area (Å²) in [5.41, 5.74) is 2.24. The molecule has 7 heteroatoms. The normalized spacial score (nSPS) is 16.9. The lowest BCUT2D eigenvalue weighted by Gasteiger charge is -2.26. The van der Waals surface area contributed by atoms with Crippen molar-refractivity contribution in [2.75, 3.05) is 34.3 Å². The zero-order chi connectivity index (χ0) is 26.4. The Morgan fingerprint density at radius 2 is 1.68 bits per heavy atom. The predicted octanol–water partition coefficient (Wildman–Crippen LogP) is 4.65. The molecule has 1 aliphatic rings.